The molecule has 0 aliphatic heterocycles. The van der Waals surface area contributed by atoms with Gasteiger partial charge in [-0.25, -0.2) is 0 Å². The van der Waals surface area contributed by atoms with Crippen molar-refractivity contribution in [1.82, 2.24) is 0 Å². The van der Waals surface area contributed by atoms with Crippen molar-refractivity contribution >= 4 is 43.2 Å². The van der Waals surface area contributed by atoms with Crippen molar-refractivity contribution in [3.05, 3.63) is 30.3 Å². The Morgan fingerprint density at radius 1 is 1.08 bits per heavy atom. The molecule has 1 aromatic carbocycles. The van der Waals surface area contributed by atoms with Crippen LogP contribution >= 0.6 is 43.2 Å². The largest absolute Gasteiger partial charge is 0.165 e. The Morgan fingerprint density at radius 2 is 1.85 bits per heavy atom. The maximum absolute atomic E-state index is 2.15. The molecule has 0 spiro atoms. The third-order valence-corrected chi connectivity index (χ3v) is 6.21. The molecular formula is C9H12S4. The fourth-order valence-electron chi connectivity index (χ4n) is 0.691. The summed E-state index contributed by atoms with van der Waals surface area (Å²) in [6, 6.07) is 10.5. The van der Waals surface area contributed by atoms with Crippen molar-refractivity contribution in [2.75, 3.05) is 17.8 Å². The molecule has 72 valence electrons. The lowest BCUT2D eigenvalue weighted by molar-refractivity contribution is 1.48. The Kier molecular flexibility index (Phi) is 7.17. The summed E-state index contributed by atoms with van der Waals surface area (Å²) in [7, 11) is 5.64. The smallest absolute Gasteiger partial charge is 0.0191 e. The van der Waals surface area contributed by atoms with Crippen molar-refractivity contribution in [2.24, 2.45) is 0 Å². The topological polar surface area (TPSA) is 0 Å². The van der Waals surface area contributed by atoms with Crippen LogP contribution in [-0.4, -0.2) is 17.8 Å². The quantitative estimate of drug-likeness (QED) is 0.539. The highest BCUT2D eigenvalue weighted by atomic mass is 33.5. The van der Waals surface area contributed by atoms with Crippen LogP contribution in [0.4, 0.5) is 0 Å². The van der Waals surface area contributed by atoms with E-state index in [2.05, 4.69) is 36.6 Å². The molecule has 13 heavy (non-hydrogen) atoms. The number of hydrogen-bond acceptors (Lipinski definition) is 4. The average Bonchev–Trinajstić information content (AvgIpc) is 2.19. The maximum atomic E-state index is 2.15. The number of rotatable bonds is 6. The van der Waals surface area contributed by atoms with Gasteiger partial charge in [-0.3, -0.25) is 0 Å². The molecule has 0 aromatic heterocycles. The fraction of sp³-hybridized carbons (Fsp3) is 0.333. The van der Waals surface area contributed by atoms with Gasteiger partial charge in [-0.1, -0.05) is 29.0 Å². The van der Waals surface area contributed by atoms with Crippen LogP contribution in [0.2, 0.25) is 0 Å². The van der Waals surface area contributed by atoms with Crippen LogP contribution in [0.5, 0.6) is 0 Å². The van der Waals surface area contributed by atoms with Gasteiger partial charge in [0.05, 0.1) is 0 Å². The zero-order valence-corrected chi connectivity index (χ0v) is 10.7. The first-order valence-electron chi connectivity index (χ1n) is 3.93. The molecule has 0 atom stereocenters. The van der Waals surface area contributed by atoms with E-state index in [4.69, 9.17) is 0 Å². The lowest BCUT2D eigenvalue weighted by atomic mass is 10.4. The average molecular weight is 248 g/mol. The minimum atomic E-state index is 1.23. The molecule has 0 saturated heterocycles. The van der Waals surface area contributed by atoms with Crippen LogP contribution in [0.25, 0.3) is 0 Å². The third kappa shape index (κ3) is 5.83. The summed E-state index contributed by atoms with van der Waals surface area (Å²) in [5, 5.41) is 0. The number of hydrogen-bond donors (Lipinski definition) is 0. The molecule has 4 heteroatoms. The molecule has 0 saturated carbocycles. The summed E-state index contributed by atoms with van der Waals surface area (Å²) < 4.78 is 0. The zero-order chi connectivity index (χ0) is 9.36. The summed E-state index contributed by atoms with van der Waals surface area (Å²) >= 11 is 1.90. The molecule has 1 rings (SSSR count). The summed E-state index contributed by atoms with van der Waals surface area (Å²) in [5.41, 5.74) is 0. The monoisotopic (exact) mass is 248 g/mol. The fourth-order valence-corrected chi connectivity index (χ4v) is 5.37. The molecule has 0 bridgehead atoms. The predicted molar refractivity (Wildman–Crippen MR) is 70.7 cm³/mol. The van der Waals surface area contributed by atoms with Crippen molar-refractivity contribution < 1.29 is 0 Å². The maximum Gasteiger partial charge on any atom is 0.0191 e. The Bertz CT molecular complexity index is 212. The highest BCUT2D eigenvalue weighted by Gasteiger charge is 1.93. The second-order valence-electron chi connectivity index (χ2n) is 2.28. The first-order chi connectivity index (χ1) is 6.43. The Labute approximate surface area is 95.8 Å². The molecule has 0 N–H and O–H groups in total. The van der Waals surface area contributed by atoms with E-state index < -0.39 is 0 Å². The van der Waals surface area contributed by atoms with E-state index in [1.807, 2.05) is 43.2 Å². The number of thioether (sulfide) groups is 1. The first kappa shape index (κ1) is 11.7. The van der Waals surface area contributed by atoms with Gasteiger partial charge in [0.25, 0.3) is 0 Å². The number of benzene rings is 1. The van der Waals surface area contributed by atoms with Crippen molar-refractivity contribution in [2.45, 2.75) is 4.90 Å². The lowest BCUT2D eigenvalue weighted by Crippen LogP contribution is -1.76. The van der Waals surface area contributed by atoms with Gasteiger partial charge >= 0.3 is 0 Å². The molecule has 0 aliphatic carbocycles. The highest BCUT2D eigenvalue weighted by molar-refractivity contribution is 9.09. The molecule has 0 nitrogen and oxygen atoms in total. The van der Waals surface area contributed by atoms with Crippen LogP contribution in [0.15, 0.2) is 35.2 Å². The standard InChI is InChI=1S/C9H12S4/c1-10-7-8-11-13-12-9-5-3-2-4-6-9/h2-6H,7-8H2,1H3. The lowest BCUT2D eigenvalue weighted by Gasteiger charge is -1.98. The third-order valence-electron chi connectivity index (χ3n) is 1.29. The molecule has 0 radical (unpaired) electrons. The molecule has 0 amide bonds. The molecule has 0 unspecified atom stereocenters. The van der Waals surface area contributed by atoms with E-state index in [-0.39, 0.29) is 0 Å². The highest BCUT2D eigenvalue weighted by Crippen LogP contribution is 2.39. The van der Waals surface area contributed by atoms with E-state index in [0.717, 1.165) is 0 Å². The second-order valence-corrected chi connectivity index (χ2v) is 7.52. The van der Waals surface area contributed by atoms with Gasteiger partial charge in [-0.2, -0.15) is 11.8 Å². The Hall–Kier alpha value is 0.620. The van der Waals surface area contributed by atoms with E-state index in [1.165, 1.54) is 16.4 Å². The molecule has 0 heterocycles. The van der Waals surface area contributed by atoms with Gasteiger partial charge in [0, 0.05) is 16.4 Å². The van der Waals surface area contributed by atoms with Crippen molar-refractivity contribution in [1.29, 1.82) is 0 Å². The molecule has 0 aliphatic rings. The van der Waals surface area contributed by atoms with Crippen LogP contribution in [0, 0.1) is 0 Å². The van der Waals surface area contributed by atoms with Gasteiger partial charge in [0.1, 0.15) is 0 Å². The van der Waals surface area contributed by atoms with Crippen LogP contribution in [0.1, 0.15) is 0 Å². The van der Waals surface area contributed by atoms with Crippen LogP contribution in [-0.2, 0) is 0 Å². The Morgan fingerprint density at radius 3 is 2.54 bits per heavy atom. The van der Waals surface area contributed by atoms with Crippen molar-refractivity contribution in [3.63, 3.8) is 0 Å². The first-order valence-corrected chi connectivity index (χ1v) is 8.98. The van der Waals surface area contributed by atoms with E-state index in [9.17, 15) is 0 Å². The van der Waals surface area contributed by atoms with Gasteiger partial charge in [0.15, 0.2) is 0 Å². The van der Waals surface area contributed by atoms with Crippen LogP contribution in [0.3, 0.4) is 0 Å². The van der Waals surface area contributed by atoms with Gasteiger partial charge in [-0.05, 0) is 39.0 Å². The van der Waals surface area contributed by atoms with E-state index in [1.54, 1.807) is 0 Å². The molecular weight excluding hydrogens is 236 g/mol. The van der Waals surface area contributed by atoms with Crippen LogP contribution < -0.4 is 0 Å². The SMILES string of the molecule is CSCCSSSc1ccccc1. The summed E-state index contributed by atoms with van der Waals surface area (Å²) in [4.78, 5) is 1.34. The summed E-state index contributed by atoms with van der Waals surface area (Å²) in [6.45, 7) is 0. The van der Waals surface area contributed by atoms with Gasteiger partial charge < -0.3 is 0 Å². The normalized spacial score (nSPS) is 10.2. The minimum Gasteiger partial charge on any atom is -0.165 e. The van der Waals surface area contributed by atoms with Crippen molar-refractivity contribution in [3.8, 4) is 0 Å². The minimum absolute atomic E-state index is 1.23. The summed E-state index contributed by atoms with van der Waals surface area (Å²) in [6.07, 6.45) is 2.15. The van der Waals surface area contributed by atoms with Gasteiger partial charge in [-0.15, -0.1) is 0 Å². The van der Waals surface area contributed by atoms with Gasteiger partial charge in [0.2, 0.25) is 0 Å². The molecule has 0 fully saturated rings. The molecule has 1 aromatic rings. The predicted octanol–water partition coefficient (Wildman–Crippen LogP) is 4.44. The second kappa shape index (κ2) is 7.97. The van der Waals surface area contributed by atoms with E-state index in [0.29, 0.717) is 0 Å². The van der Waals surface area contributed by atoms with E-state index >= 15 is 0 Å². The zero-order valence-electron chi connectivity index (χ0n) is 7.43. The summed E-state index contributed by atoms with van der Waals surface area (Å²) in [5.74, 6) is 2.47. The Balaban J connectivity index is 2.07.